The van der Waals surface area contributed by atoms with Crippen molar-refractivity contribution < 1.29 is 8.42 Å². The van der Waals surface area contributed by atoms with E-state index in [2.05, 4.69) is 5.10 Å². The molecule has 3 rings (SSSR count). The minimum absolute atomic E-state index is 0.111. The van der Waals surface area contributed by atoms with E-state index in [1.807, 2.05) is 49.4 Å². The molecular weight excluding hydrogens is 322 g/mol. The van der Waals surface area contributed by atoms with Crippen LogP contribution in [0.3, 0.4) is 0 Å². The molecule has 1 heterocycles. The average molecular weight is 345 g/mol. The summed E-state index contributed by atoms with van der Waals surface area (Å²) < 4.78 is 29.4. The summed E-state index contributed by atoms with van der Waals surface area (Å²) in [7, 11) is -3.51. The summed E-state index contributed by atoms with van der Waals surface area (Å²) >= 11 is 0. The summed E-state index contributed by atoms with van der Waals surface area (Å²) in [6.45, 7) is 4.75. The van der Waals surface area contributed by atoms with Gasteiger partial charge in [-0.1, -0.05) is 42.5 Å². The average Bonchev–Trinajstić information content (AvgIpc) is 3.33. The van der Waals surface area contributed by atoms with Gasteiger partial charge in [0.05, 0.1) is 5.69 Å². The van der Waals surface area contributed by atoms with Gasteiger partial charge in [-0.25, -0.2) is 8.42 Å². The van der Waals surface area contributed by atoms with Crippen LogP contribution in [0.25, 0.3) is 6.08 Å². The van der Waals surface area contributed by atoms with Gasteiger partial charge in [0.25, 0.3) is 0 Å². The SMILES string of the molecule is CCn1cc(S(=O)(=O)N(C/C=C/c2ccccc2)C2CC2)c(C)n1. The molecule has 1 fully saturated rings. The molecule has 0 amide bonds. The van der Waals surface area contributed by atoms with E-state index in [1.54, 1.807) is 22.1 Å². The van der Waals surface area contributed by atoms with Gasteiger partial charge in [-0.2, -0.15) is 9.40 Å². The Labute approximate surface area is 143 Å². The Morgan fingerprint density at radius 2 is 2.00 bits per heavy atom. The van der Waals surface area contributed by atoms with E-state index in [9.17, 15) is 8.42 Å². The van der Waals surface area contributed by atoms with Crippen LogP contribution in [0.1, 0.15) is 31.0 Å². The second-order valence-corrected chi connectivity index (χ2v) is 7.91. The standard InChI is InChI=1S/C18H23N3O2S/c1-3-20-14-18(15(2)19-20)24(22,23)21(17-11-12-17)13-7-10-16-8-5-4-6-9-16/h4-10,14,17H,3,11-13H2,1-2H3/b10-7+. The Morgan fingerprint density at radius 3 is 2.58 bits per heavy atom. The van der Waals surface area contributed by atoms with Gasteiger partial charge < -0.3 is 0 Å². The Hall–Kier alpha value is -1.92. The maximum Gasteiger partial charge on any atom is 0.247 e. The molecule has 0 N–H and O–H groups in total. The molecule has 1 aliphatic rings. The molecule has 2 aromatic rings. The molecule has 0 radical (unpaired) electrons. The van der Waals surface area contributed by atoms with Crippen molar-refractivity contribution >= 4 is 16.1 Å². The molecule has 6 heteroatoms. The van der Waals surface area contributed by atoms with Crippen LogP contribution in [0.5, 0.6) is 0 Å². The lowest BCUT2D eigenvalue weighted by Crippen LogP contribution is -2.33. The van der Waals surface area contributed by atoms with E-state index in [0.29, 0.717) is 23.7 Å². The molecule has 1 aromatic heterocycles. The number of aromatic nitrogens is 2. The first kappa shape index (κ1) is 16.9. The minimum atomic E-state index is -3.51. The fraction of sp³-hybridized carbons (Fsp3) is 0.389. The first-order chi connectivity index (χ1) is 11.5. The summed E-state index contributed by atoms with van der Waals surface area (Å²) in [6, 6.07) is 10.0. The fourth-order valence-electron chi connectivity index (χ4n) is 2.70. The lowest BCUT2D eigenvalue weighted by molar-refractivity contribution is 0.435. The maximum atomic E-state index is 13.0. The molecule has 24 heavy (non-hydrogen) atoms. The highest BCUT2D eigenvalue weighted by molar-refractivity contribution is 7.89. The quantitative estimate of drug-likeness (QED) is 0.775. The van der Waals surface area contributed by atoms with Crippen LogP contribution < -0.4 is 0 Å². The third kappa shape index (κ3) is 3.60. The predicted molar refractivity (Wildman–Crippen MR) is 95.0 cm³/mol. The number of rotatable bonds is 7. The number of benzene rings is 1. The molecule has 1 saturated carbocycles. The van der Waals surface area contributed by atoms with E-state index >= 15 is 0 Å². The van der Waals surface area contributed by atoms with Crippen molar-refractivity contribution in [1.29, 1.82) is 0 Å². The summed E-state index contributed by atoms with van der Waals surface area (Å²) in [6.07, 6.45) is 7.39. The number of sulfonamides is 1. The monoisotopic (exact) mass is 345 g/mol. The first-order valence-corrected chi connectivity index (χ1v) is 9.74. The third-order valence-corrected chi connectivity index (χ3v) is 6.18. The van der Waals surface area contributed by atoms with Crippen LogP contribution in [0.2, 0.25) is 0 Å². The highest BCUT2D eigenvalue weighted by Gasteiger charge is 2.38. The van der Waals surface area contributed by atoms with Crippen LogP contribution in [0.4, 0.5) is 0 Å². The molecule has 0 unspecified atom stereocenters. The molecule has 1 aliphatic carbocycles. The van der Waals surface area contributed by atoms with Crippen LogP contribution >= 0.6 is 0 Å². The van der Waals surface area contributed by atoms with Crippen molar-refractivity contribution in [2.45, 2.75) is 44.2 Å². The second kappa shape index (κ2) is 6.91. The maximum absolute atomic E-state index is 13.0. The second-order valence-electron chi connectivity index (χ2n) is 6.05. The Kier molecular flexibility index (Phi) is 4.87. The molecule has 1 aromatic carbocycles. The van der Waals surface area contributed by atoms with Gasteiger partial charge in [0.2, 0.25) is 10.0 Å². The van der Waals surface area contributed by atoms with Crippen LogP contribution in [0.15, 0.2) is 47.5 Å². The highest BCUT2D eigenvalue weighted by Crippen LogP contribution is 2.32. The van der Waals surface area contributed by atoms with E-state index in [4.69, 9.17) is 0 Å². The van der Waals surface area contributed by atoms with E-state index < -0.39 is 10.0 Å². The zero-order valence-electron chi connectivity index (χ0n) is 14.1. The first-order valence-electron chi connectivity index (χ1n) is 8.30. The zero-order chi connectivity index (χ0) is 17.2. The molecule has 0 spiro atoms. The van der Waals surface area contributed by atoms with Crippen LogP contribution in [0, 0.1) is 6.92 Å². The third-order valence-electron chi connectivity index (χ3n) is 4.16. The van der Waals surface area contributed by atoms with Gasteiger partial charge in [0.1, 0.15) is 4.90 Å². The van der Waals surface area contributed by atoms with Crippen molar-refractivity contribution in [3.8, 4) is 0 Å². The highest BCUT2D eigenvalue weighted by atomic mass is 32.2. The molecule has 0 atom stereocenters. The summed E-state index contributed by atoms with van der Waals surface area (Å²) in [5.74, 6) is 0. The van der Waals surface area contributed by atoms with Gasteiger partial charge in [0, 0.05) is 25.3 Å². The summed E-state index contributed by atoms with van der Waals surface area (Å²) in [5, 5.41) is 4.28. The minimum Gasteiger partial charge on any atom is -0.271 e. The van der Waals surface area contributed by atoms with E-state index in [1.165, 1.54) is 0 Å². The largest absolute Gasteiger partial charge is 0.271 e. The number of aryl methyl sites for hydroxylation is 2. The lowest BCUT2D eigenvalue weighted by atomic mass is 10.2. The van der Waals surface area contributed by atoms with Gasteiger partial charge in [0.15, 0.2) is 0 Å². The lowest BCUT2D eigenvalue weighted by Gasteiger charge is -2.19. The van der Waals surface area contributed by atoms with Crippen molar-refractivity contribution in [3.63, 3.8) is 0 Å². The Balaban J connectivity index is 1.82. The Bertz CT molecular complexity index is 821. The number of nitrogens with zero attached hydrogens (tertiary/aromatic N) is 3. The van der Waals surface area contributed by atoms with Gasteiger partial charge >= 0.3 is 0 Å². The molecule has 5 nitrogen and oxygen atoms in total. The molecule has 0 bridgehead atoms. The van der Waals surface area contributed by atoms with Crippen LogP contribution in [-0.4, -0.2) is 35.1 Å². The number of hydrogen-bond acceptors (Lipinski definition) is 3. The predicted octanol–water partition coefficient (Wildman–Crippen LogP) is 3.08. The fourth-order valence-corrected chi connectivity index (χ4v) is 4.51. The van der Waals surface area contributed by atoms with E-state index in [0.717, 1.165) is 18.4 Å². The van der Waals surface area contributed by atoms with Gasteiger partial charge in [-0.3, -0.25) is 4.68 Å². The van der Waals surface area contributed by atoms with Crippen molar-refractivity contribution in [3.05, 3.63) is 53.9 Å². The van der Waals surface area contributed by atoms with Gasteiger partial charge in [-0.15, -0.1) is 0 Å². The van der Waals surface area contributed by atoms with Crippen LogP contribution in [-0.2, 0) is 16.6 Å². The van der Waals surface area contributed by atoms with Crippen molar-refractivity contribution in [1.82, 2.24) is 14.1 Å². The smallest absolute Gasteiger partial charge is 0.247 e. The molecule has 128 valence electrons. The topological polar surface area (TPSA) is 55.2 Å². The molecule has 0 aliphatic heterocycles. The molecule has 0 saturated heterocycles. The van der Waals surface area contributed by atoms with Crippen molar-refractivity contribution in [2.24, 2.45) is 0 Å². The Morgan fingerprint density at radius 1 is 1.29 bits per heavy atom. The van der Waals surface area contributed by atoms with E-state index in [-0.39, 0.29) is 6.04 Å². The zero-order valence-corrected chi connectivity index (χ0v) is 14.9. The van der Waals surface area contributed by atoms with Crippen molar-refractivity contribution in [2.75, 3.05) is 6.54 Å². The molecular formula is C18H23N3O2S. The van der Waals surface area contributed by atoms with Gasteiger partial charge in [-0.05, 0) is 32.3 Å². The summed E-state index contributed by atoms with van der Waals surface area (Å²) in [4.78, 5) is 0.323. The normalized spacial score (nSPS) is 15.5. The summed E-state index contributed by atoms with van der Waals surface area (Å²) in [5.41, 5.74) is 1.63. The number of hydrogen-bond donors (Lipinski definition) is 0.